The molecule has 5 nitrogen and oxygen atoms in total. The molecule has 0 fully saturated rings. The molecule has 0 saturated heterocycles. The fraction of sp³-hybridized carbons (Fsp3) is 0.667. The molecule has 1 aromatic rings. The number of ether oxygens (including phenoxy) is 1. The van der Waals surface area contributed by atoms with Crippen molar-refractivity contribution in [1.82, 2.24) is 5.32 Å². The van der Waals surface area contributed by atoms with Crippen molar-refractivity contribution >= 4 is 16.3 Å². The van der Waals surface area contributed by atoms with Crippen LogP contribution in [0.2, 0.25) is 0 Å². The van der Waals surface area contributed by atoms with Crippen molar-refractivity contribution in [3.05, 3.63) is 27.1 Å². The van der Waals surface area contributed by atoms with Gasteiger partial charge in [-0.1, -0.05) is 25.2 Å². The number of thiophene rings is 1. The van der Waals surface area contributed by atoms with Crippen LogP contribution in [0.3, 0.4) is 0 Å². The molecule has 0 saturated carbocycles. The standard InChI is InChI=1S/C12H20N2O3S/c1-12(2,4-5-17-3)9-13-7-10-6-11(14(15)16)18-8-10/h6,8,13H,4-5,7,9H2,1-3H3. The molecule has 6 heteroatoms. The van der Waals surface area contributed by atoms with E-state index in [2.05, 4.69) is 19.2 Å². The van der Waals surface area contributed by atoms with Gasteiger partial charge in [-0.05, 0) is 17.4 Å². The van der Waals surface area contributed by atoms with E-state index in [4.69, 9.17) is 4.74 Å². The first-order chi connectivity index (χ1) is 8.44. The Bertz CT molecular complexity index is 390. The van der Waals surface area contributed by atoms with Crippen molar-refractivity contribution in [3.63, 3.8) is 0 Å². The minimum Gasteiger partial charge on any atom is -0.385 e. The quantitative estimate of drug-likeness (QED) is 0.584. The molecule has 0 unspecified atom stereocenters. The normalized spacial score (nSPS) is 11.7. The lowest BCUT2D eigenvalue weighted by Crippen LogP contribution is -2.30. The van der Waals surface area contributed by atoms with Crippen LogP contribution in [0.25, 0.3) is 0 Å². The lowest BCUT2D eigenvalue weighted by Gasteiger charge is -2.24. The summed E-state index contributed by atoms with van der Waals surface area (Å²) in [5, 5.41) is 15.9. The highest BCUT2D eigenvalue weighted by Gasteiger charge is 2.17. The van der Waals surface area contributed by atoms with E-state index in [0.29, 0.717) is 6.54 Å². The monoisotopic (exact) mass is 272 g/mol. The average molecular weight is 272 g/mol. The third kappa shape index (κ3) is 5.12. The van der Waals surface area contributed by atoms with Crippen LogP contribution in [-0.2, 0) is 11.3 Å². The number of nitrogens with one attached hydrogen (secondary N) is 1. The summed E-state index contributed by atoms with van der Waals surface area (Å²) in [4.78, 5) is 10.2. The topological polar surface area (TPSA) is 64.4 Å². The van der Waals surface area contributed by atoms with Crippen LogP contribution in [0.4, 0.5) is 5.00 Å². The van der Waals surface area contributed by atoms with Crippen LogP contribution in [0.5, 0.6) is 0 Å². The average Bonchev–Trinajstić information content (AvgIpc) is 2.75. The van der Waals surface area contributed by atoms with Crippen molar-refractivity contribution in [2.24, 2.45) is 5.41 Å². The molecule has 0 atom stereocenters. The highest BCUT2D eigenvalue weighted by Crippen LogP contribution is 2.23. The smallest absolute Gasteiger partial charge is 0.324 e. The maximum Gasteiger partial charge on any atom is 0.324 e. The van der Waals surface area contributed by atoms with E-state index in [1.54, 1.807) is 13.2 Å². The largest absolute Gasteiger partial charge is 0.385 e. The van der Waals surface area contributed by atoms with Gasteiger partial charge in [-0.15, -0.1) is 0 Å². The maximum absolute atomic E-state index is 10.5. The minimum absolute atomic E-state index is 0.165. The van der Waals surface area contributed by atoms with Gasteiger partial charge in [0.2, 0.25) is 0 Å². The second-order valence-electron chi connectivity index (χ2n) is 5.06. The van der Waals surface area contributed by atoms with Crippen LogP contribution in [-0.4, -0.2) is 25.2 Å². The van der Waals surface area contributed by atoms with E-state index in [0.717, 1.165) is 25.1 Å². The lowest BCUT2D eigenvalue weighted by molar-refractivity contribution is -0.380. The van der Waals surface area contributed by atoms with Crippen LogP contribution in [0, 0.1) is 15.5 Å². The molecule has 1 N–H and O–H groups in total. The molecule has 0 aliphatic carbocycles. The summed E-state index contributed by atoms with van der Waals surface area (Å²) in [6.45, 7) is 6.63. The summed E-state index contributed by atoms with van der Waals surface area (Å²) in [5.41, 5.74) is 1.13. The molecule has 0 bridgehead atoms. The van der Waals surface area contributed by atoms with Gasteiger partial charge < -0.3 is 10.1 Å². The lowest BCUT2D eigenvalue weighted by atomic mass is 9.90. The Balaban J connectivity index is 2.34. The second kappa shape index (κ2) is 6.82. The van der Waals surface area contributed by atoms with E-state index in [1.807, 2.05) is 5.38 Å². The summed E-state index contributed by atoms with van der Waals surface area (Å²) < 4.78 is 5.07. The SMILES string of the molecule is COCCC(C)(C)CNCc1csc([N+](=O)[O-])c1. The molecule has 18 heavy (non-hydrogen) atoms. The van der Waals surface area contributed by atoms with Gasteiger partial charge in [-0.2, -0.15) is 0 Å². The van der Waals surface area contributed by atoms with Gasteiger partial charge in [0.15, 0.2) is 0 Å². The van der Waals surface area contributed by atoms with Crippen molar-refractivity contribution in [1.29, 1.82) is 0 Å². The Hall–Kier alpha value is -0.980. The van der Waals surface area contributed by atoms with E-state index in [1.165, 1.54) is 11.3 Å². The van der Waals surface area contributed by atoms with Crippen LogP contribution in [0.15, 0.2) is 11.4 Å². The second-order valence-corrected chi connectivity index (χ2v) is 5.95. The van der Waals surface area contributed by atoms with Crippen molar-refractivity contribution in [2.45, 2.75) is 26.8 Å². The van der Waals surface area contributed by atoms with Gasteiger partial charge in [0, 0.05) is 38.3 Å². The Labute approximate surface area is 111 Å². The molecule has 102 valence electrons. The molecule has 0 spiro atoms. The number of rotatable bonds is 8. The highest BCUT2D eigenvalue weighted by atomic mass is 32.1. The van der Waals surface area contributed by atoms with Gasteiger partial charge in [-0.3, -0.25) is 10.1 Å². The van der Waals surface area contributed by atoms with Crippen molar-refractivity contribution < 1.29 is 9.66 Å². The van der Waals surface area contributed by atoms with E-state index < -0.39 is 0 Å². The van der Waals surface area contributed by atoms with E-state index >= 15 is 0 Å². The molecule has 0 amide bonds. The van der Waals surface area contributed by atoms with Gasteiger partial charge in [-0.25, -0.2) is 0 Å². The molecule has 0 radical (unpaired) electrons. The summed E-state index contributed by atoms with van der Waals surface area (Å²) in [5.74, 6) is 0. The number of nitrogens with zero attached hydrogens (tertiary/aromatic N) is 1. The first-order valence-electron chi connectivity index (χ1n) is 5.86. The predicted octanol–water partition coefficient (Wildman–Crippen LogP) is 2.81. The molecular weight excluding hydrogens is 252 g/mol. The first-order valence-corrected chi connectivity index (χ1v) is 6.74. The number of nitro groups is 1. The van der Waals surface area contributed by atoms with Gasteiger partial charge in [0.25, 0.3) is 0 Å². The molecule has 1 aromatic heterocycles. The molecule has 0 aliphatic rings. The zero-order valence-electron chi connectivity index (χ0n) is 11.1. The summed E-state index contributed by atoms with van der Waals surface area (Å²) in [7, 11) is 1.70. The highest BCUT2D eigenvalue weighted by molar-refractivity contribution is 7.13. The third-order valence-corrected chi connectivity index (χ3v) is 3.66. The number of hydrogen-bond donors (Lipinski definition) is 1. The number of hydrogen-bond acceptors (Lipinski definition) is 5. The molecule has 0 aliphatic heterocycles. The zero-order chi connectivity index (χ0) is 13.6. The Morgan fingerprint density at radius 3 is 2.83 bits per heavy atom. The zero-order valence-corrected chi connectivity index (χ0v) is 11.9. The summed E-state index contributed by atoms with van der Waals surface area (Å²) >= 11 is 1.17. The fourth-order valence-corrected chi connectivity index (χ4v) is 2.29. The molecule has 0 aromatic carbocycles. The van der Waals surface area contributed by atoms with Crippen LogP contribution < -0.4 is 5.32 Å². The van der Waals surface area contributed by atoms with E-state index in [-0.39, 0.29) is 15.3 Å². The van der Waals surface area contributed by atoms with Crippen LogP contribution >= 0.6 is 11.3 Å². The van der Waals surface area contributed by atoms with E-state index in [9.17, 15) is 10.1 Å². The van der Waals surface area contributed by atoms with Gasteiger partial charge in [0.05, 0.1) is 4.92 Å². The van der Waals surface area contributed by atoms with Gasteiger partial charge in [0.1, 0.15) is 0 Å². The summed E-state index contributed by atoms with van der Waals surface area (Å²) in [6.07, 6.45) is 0.986. The molecular formula is C12H20N2O3S. The Morgan fingerprint density at radius 2 is 2.28 bits per heavy atom. The molecule has 1 rings (SSSR count). The first kappa shape index (κ1) is 15.1. The Morgan fingerprint density at radius 1 is 1.56 bits per heavy atom. The van der Waals surface area contributed by atoms with Gasteiger partial charge >= 0.3 is 5.00 Å². The maximum atomic E-state index is 10.5. The Kier molecular flexibility index (Phi) is 5.71. The number of methoxy groups -OCH3 is 1. The molecule has 1 heterocycles. The third-order valence-electron chi connectivity index (χ3n) is 2.74. The fourth-order valence-electron chi connectivity index (χ4n) is 1.56. The summed E-state index contributed by atoms with van der Waals surface area (Å²) in [6, 6.07) is 1.62. The minimum atomic E-state index is -0.351. The predicted molar refractivity (Wildman–Crippen MR) is 73.0 cm³/mol. The van der Waals surface area contributed by atoms with Crippen LogP contribution in [0.1, 0.15) is 25.8 Å². The van der Waals surface area contributed by atoms with Crippen molar-refractivity contribution in [3.8, 4) is 0 Å². The van der Waals surface area contributed by atoms with Crippen molar-refractivity contribution in [2.75, 3.05) is 20.3 Å².